The largest absolute Gasteiger partial charge is 1.00 e. The molecule has 254 valence electrons. The monoisotopic (exact) mass is 725 g/mol. The van der Waals surface area contributed by atoms with Gasteiger partial charge in [-0.05, 0) is 79.8 Å². The number of ether oxygens (including phenoxy) is 1. The number of benzene rings is 3. The van der Waals surface area contributed by atoms with Crippen LogP contribution in [-0.4, -0.2) is 36.5 Å². The zero-order valence-corrected chi connectivity index (χ0v) is 30.3. The van der Waals surface area contributed by atoms with E-state index in [0.29, 0.717) is 38.1 Å². The number of rotatable bonds is 8. The Balaban J connectivity index is 0.00000433. The molecule has 0 atom stereocenters. The topological polar surface area (TPSA) is 75.3 Å². The average Bonchev–Trinajstić information content (AvgIpc) is 3.09. The van der Waals surface area contributed by atoms with E-state index < -0.39 is 18.8 Å². The van der Waals surface area contributed by atoms with Crippen LogP contribution in [0.5, 0.6) is 0 Å². The lowest BCUT2D eigenvalue weighted by molar-refractivity contribution is -0.663. The Labute approximate surface area is 291 Å². The fourth-order valence-electron chi connectivity index (χ4n) is 7.32. The van der Waals surface area contributed by atoms with Crippen molar-refractivity contribution >= 4 is 29.3 Å². The minimum atomic E-state index is -1.93. The molecule has 0 aromatic heterocycles. The predicted molar refractivity (Wildman–Crippen MR) is 183 cm³/mol. The van der Waals surface area contributed by atoms with Crippen LogP contribution in [-0.2, 0) is 24.3 Å². The highest BCUT2D eigenvalue weighted by atomic mass is 79.9. The SMILES string of the molecule is CC(C)(C)C1CCC2(CC1)OOC1(CCC(OC(=O)NCCC[P+](c3ccccc3)(c3ccccc3)c3ccccc3)CC1)OO2.[Br-]. The van der Waals surface area contributed by atoms with Gasteiger partial charge in [0.2, 0.25) is 11.6 Å². The summed E-state index contributed by atoms with van der Waals surface area (Å²) in [5.41, 5.74) is 0.266. The molecule has 6 rings (SSSR count). The van der Waals surface area contributed by atoms with Crippen molar-refractivity contribution in [3.05, 3.63) is 91.0 Å². The summed E-state index contributed by atoms with van der Waals surface area (Å²) in [6, 6.07) is 32.4. The Morgan fingerprint density at radius 3 is 1.53 bits per heavy atom. The van der Waals surface area contributed by atoms with E-state index in [1.165, 1.54) is 15.9 Å². The van der Waals surface area contributed by atoms with Gasteiger partial charge in [0.1, 0.15) is 29.3 Å². The number of hydrogen-bond donors (Lipinski definition) is 1. The van der Waals surface area contributed by atoms with Crippen molar-refractivity contribution in [2.45, 2.75) is 96.2 Å². The van der Waals surface area contributed by atoms with Crippen molar-refractivity contribution in [3.8, 4) is 0 Å². The van der Waals surface area contributed by atoms with Crippen LogP contribution in [0.1, 0.15) is 78.6 Å². The summed E-state index contributed by atoms with van der Waals surface area (Å²) in [4.78, 5) is 36.5. The third kappa shape index (κ3) is 8.29. The maximum atomic E-state index is 12.9. The van der Waals surface area contributed by atoms with E-state index in [-0.39, 0.29) is 34.6 Å². The van der Waals surface area contributed by atoms with E-state index >= 15 is 0 Å². The van der Waals surface area contributed by atoms with Crippen molar-refractivity contribution in [2.75, 3.05) is 12.7 Å². The standard InChI is InChI=1S/C38H48NO6P.BrH/c1-36(2,3)30-20-24-37(25-21-30)42-44-38(45-43-37)26-22-31(23-27-38)41-35(40)39-28-13-29-46(32-14-7-4-8-15-32,33-16-9-5-10-17-33)34-18-11-6-12-19-34;/h4-12,14-19,30-31H,13,20-29H2,1-3H3;1H. The molecule has 1 saturated heterocycles. The summed E-state index contributed by atoms with van der Waals surface area (Å²) in [6.07, 6.45) is 7.00. The fraction of sp³-hybridized carbons (Fsp3) is 0.500. The molecule has 2 saturated carbocycles. The average molecular weight is 727 g/mol. The number of carbonyl (C=O) groups excluding carboxylic acids is 1. The van der Waals surface area contributed by atoms with Gasteiger partial charge in [-0.2, -0.15) is 19.6 Å². The van der Waals surface area contributed by atoms with Gasteiger partial charge in [0, 0.05) is 32.2 Å². The second-order valence-electron chi connectivity index (χ2n) is 14.2. The predicted octanol–water partition coefficient (Wildman–Crippen LogP) is 4.58. The third-order valence-electron chi connectivity index (χ3n) is 10.2. The van der Waals surface area contributed by atoms with Crippen LogP contribution in [0.25, 0.3) is 0 Å². The molecule has 3 aromatic carbocycles. The van der Waals surface area contributed by atoms with Gasteiger partial charge in [-0.3, -0.25) is 0 Å². The number of carbonyl (C=O) groups is 1. The van der Waals surface area contributed by atoms with E-state index in [2.05, 4.69) is 117 Å². The molecule has 1 N–H and O–H groups in total. The van der Waals surface area contributed by atoms with Gasteiger partial charge in [-0.1, -0.05) is 75.4 Å². The summed E-state index contributed by atoms with van der Waals surface area (Å²) < 4.78 is 5.83. The van der Waals surface area contributed by atoms with Gasteiger partial charge in [0.15, 0.2) is 0 Å². The van der Waals surface area contributed by atoms with Crippen molar-refractivity contribution in [3.63, 3.8) is 0 Å². The molecule has 3 aliphatic rings. The van der Waals surface area contributed by atoms with Crippen LogP contribution >= 0.6 is 7.26 Å². The van der Waals surface area contributed by atoms with Crippen LogP contribution in [0, 0.1) is 11.3 Å². The molecule has 0 radical (unpaired) electrons. The number of nitrogens with one attached hydrogen (secondary N) is 1. The van der Waals surface area contributed by atoms with Crippen molar-refractivity contribution in [1.82, 2.24) is 5.32 Å². The Bertz CT molecular complexity index is 1300. The molecule has 47 heavy (non-hydrogen) atoms. The Hall–Kier alpha value is -2.32. The zero-order chi connectivity index (χ0) is 32.1. The van der Waals surface area contributed by atoms with Gasteiger partial charge in [0.05, 0.1) is 6.16 Å². The van der Waals surface area contributed by atoms with Crippen LogP contribution < -0.4 is 38.2 Å². The molecule has 7 nitrogen and oxygen atoms in total. The Kier molecular flexibility index (Phi) is 11.9. The van der Waals surface area contributed by atoms with Gasteiger partial charge >= 0.3 is 6.09 Å². The molecular weight excluding hydrogens is 677 g/mol. The van der Waals surface area contributed by atoms with Gasteiger partial charge in [0.25, 0.3) is 0 Å². The lowest BCUT2D eigenvalue weighted by Crippen LogP contribution is -3.00. The molecule has 1 aliphatic heterocycles. The Morgan fingerprint density at radius 1 is 0.723 bits per heavy atom. The van der Waals surface area contributed by atoms with E-state index in [9.17, 15) is 4.79 Å². The second-order valence-corrected chi connectivity index (χ2v) is 17.8. The second kappa shape index (κ2) is 15.5. The van der Waals surface area contributed by atoms with E-state index in [0.717, 1.165) is 38.3 Å². The van der Waals surface area contributed by atoms with Crippen molar-refractivity contribution < 1.29 is 46.1 Å². The molecule has 0 bridgehead atoms. The van der Waals surface area contributed by atoms with E-state index in [1.807, 2.05) is 0 Å². The Morgan fingerprint density at radius 2 is 1.13 bits per heavy atom. The van der Waals surface area contributed by atoms with Crippen LogP contribution in [0.3, 0.4) is 0 Å². The molecule has 1 heterocycles. The number of hydrogen-bond acceptors (Lipinski definition) is 6. The van der Waals surface area contributed by atoms with Crippen LogP contribution in [0.15, 0.2) is 91.0 Å². The highest BCUT2D eigenvalue weighted by molar-refractivity contribution is 7.95. The zero-order valence-electron chi connectivity index (χ0n) is 27.9. The summed E-state index contributed by atoms with van der Waals surface area (Å²) in [6.45, 7) is 7.40. The molecule has 9 heteroatoms. The first-order valence-corrected chi connectivity index (χ1v) is 18.9. The highest BCUT2D eigenvalue weighted by Crippen LogP contribution is 2.55. The lowest BCUT2D eigenvalue weighted by Gasteiger charge is -2.48. The smallest absolute Gasteiger partial charge is 0.407 e. The quantitative estimate of drug-likeness (QED) is 0.208. The maximum absolute atomic E-state index is 12.9. The molecule has 0 unspecified atom stereocenters. The van der Waals surface area contributed by atoms with Gasteiger partial charge in [-0.15, -0.1) is 0 Å². The lowest BCUT2D eigenvalue weighted by atomic mass is 9.71. The first-order valence-electron chi connectivity index (χ1n) is 17.0. The normalized spacial score (nSPS) is 26.4. The molecule has 2 spiro atoms. The van der Waals surface area contributed by atoms with Crippen LogP contribution in [0.4, 0.5) is 4.79 Å². The summed E-state index contributed by atoms with van der Waals surface area (Å²) in [5, 5.41) is 7.05. The summed E-state index contributed by atoms with van der Waals surface area (Å²) >= 11 is 0. The van der Waals surface area contributed by atoms with E-state index in [4.69, 9.17) is 24.3 Å². The molecular formula is C38H49BrNO6P. The minimum Gasteiger partial charge on any atom is -1.00 e. The molecule has 3 fully saturated rings. The van der Waals surface area contributed by atoms with Crippen molar-refractivity contribution in [2.24, 2.45) is 11.3 Å². The molecule has 1 amide bonds. The van der Waals surface area contributed by atoms with Crippen LogP contribution in [0.2, 0.25) is 0 Å². The molecule has 2 aliphatic carbocycles. The number of halogens is 1. The van der Waals surface area contributed by atoms with Gasteiger partial charge in [-0.25, -0.2) is 4.79 Å². The first-order chi connectivity index (χ1) is 22.2. The molecule has 3 aromatic rings. The first kappa shape index (κ1) is 36.0. The van der Waals surface area contributed by atoms with E-state index in [1.54, 1.807) is 0 Å². The minimum absolute atomic E-state index is 0. The summed E-state index contributed by atoms with van der Waals surface area (Å²) in [5.74, 6) is -1.13. The maximum Gasteiger partial charge on any atom is 0.407 e. The van der Waals surface area contributed by atoms with Gasteiger partial charge < -0.3 is 27.0 Å². The van der Waals surface area contributed by atoms with Crippen molar-refractivity contribution in [1.29, 1.82) is 0 Å². The third-order valence-corrected chi connectivity index (χ3v) is 14.7. The number of alkyl carbamates (subject to hydrolysis) is 1. The fourth-order valence-corrected chi connectivity index (χ4v) is 11.7. The number of amides is 1. The summed E-state index contributed by atoms with van der Waals surface area (Å²) in [7, 11) is -1.93. The highest BCUT2D eigenvalue weighted by Gasteiger charge is 2.52.